The van der Waals surface area contributed by atoms with E-state index in [9.17, 15) is 24.3 Å². The lowest BCUT2D eigenvalue weighted by Crippen LogP contribution is -2.51. The van der Waals surface area contributed by atoms with Crippen molar-refractivity contribution in [2.75, 3.05) is 6.54 Å². The highest BCUT2D eigenvalue weighted by Crippen LogP contribution is 2.49. The number of carboxylic acid groups (broad SMARTS) is 1. The molecule has 5 atom stereocenters. The summed E-state index contributed by atoms with van der Waals surface area (Å²) >= 11 is 1.50. The summed E-state index contributed by atoms with van der Waals surface area (Å²) in [6, 6.07) is -0.113. The molecule has 3 amide bonds. The number of nitrogens with zero attached hydrogens (tertiary/aromatic N) is 1. The molecule has 0 aromatic rings. The van der Waals surface area contributed by atoms with Crippen molar-refractivity contribution in [2.45, 2.75) is 43.5 Å². The van der Waals surface area contributed by atoms with Gasteiger partial charge in [0.15, 0.2) is 0 Å². The number of carboxylic acids is 1. The van der Waals surface area contributed by atoms with E-state index < -0.39 is 5.97 Å². The second kappa shape index (κ2) is 5.84. The third-order valence-corrected chi connectivity index (χ3v) is 7.07. The predicted octanol–water partition coefficient (Wildman–Crippen LogP) is -0.340. The van der Waals surface area contributed by atoms with Gasteiger partial charge < -0.3 is 15.3 Å². The Morgan fingerprint density at radius 2 is 2.04 bits per heavy atom. The van der Waals surface area contributed by atoms with Gasteiger partial charge in [-0.15, -0.1) is 11.8 Å². The summed E-state index contributed by atoms with van der Waals surface area (Å²) in [5.74, 6) is -2.00. The van der Waals surface area contributed by atoms with Gasteiger partial charge in [0.25, 0.3) is 0 Å². The average Bonchev–Trinajstić information content (AvgIpc) is 3.17. The number of amides is 3. The highest BCUT2D eigenvalue weighted by molar-refractivity contribution is 8.03. The Hall–Kier alpha value is -1.87. The van der Waals surface area contributed by atoms with Crippen molar-refractivity contribution in [1.82, 2.24) is 15.5 Å². The largest absolute Gasteiger partial charge is 0.477 e. The van der Waals surface area contributed by atoms with Crippen LogP contribution < -0.4 is 10.6 Å². The van der Waals surface area contributed by atoms with E-state index >= 15 is 0 Å². The molecule has 8 nitrogen and oxygen atoms in total. The summed E-state index contributed by atoms with van der Waals surface area (Å²) in [6.45, 7) is 2.61. The zero-order valence-electron chi connectivity index (χ0n) is 13.7. The Labute approximate surface area is 148 Å². The van der Waals surface area contributed by atoms with E-state index in [2.05, 4.69) is 10.6 Å². The van der Waals surface area contributed by atoms with Crippen LogP contribution in [0.15, 0.2) is 10.6 Å². The minimum atomic E-state index is -1.06. The maximum absolute atomic E-state index is 11.8. The Bertz CT molecular complexity index is 721. The second-order valence-electron chi connectivity index (χ2n) is 7.06. The van der Waals surface area contributed by atoms with Gasteiger partial charge in [-0.1, -0.05) is 6.92 Å². The van der Waals surface area contributed by atoms with Crippen LogP contribution in [-0.2, 0) is 19.2 Å². The Morgan fingerprint density at radius 1 is 1.28 bits per heavy atom. The number of hydrogen-bond donors (Lipinski definition) is 3. The fraction of sp³-hybridized carbons (Fsp3) is 0.625. The van der Waals surface area contributed by atoms with E-state index in [1.54, 1.807) is 0 Å². The first-order valence-corrected chi connectivity index (χ1v) is 9.28. The summed E-state index contributed by atoms with van der Waals surface area (Å²) in [5, 5.41) is 15.3. The van der Waals surface area contributed by atoms with Gasteiger partial charge in [-0.25, -0.2) is 4.79 Å². The van der Waals surface area contributed by atoms with Crippen LogP contribution in [-0.4, -0.2) is 57.6 Å². The molecule has 4 rings (SSSR count). The van der Waals surface area contributed by atoms with Gasteiger partial charge in [0.1, 0.15) is 5.70 Å². The number of aliphatic carboxylic acids is 1. The number of imide groups is 1. The predicted molar refractivity (Wildman–Crippen MR) is 88.1 cm³/mol. The molecule has 5 unspecified atom stereocenters. The van der Waals surface area contributed by atoms with E-state index in [0.717, 1.165) is 4.91 Å². The Balaban J connectivity index is 1.48. The number of fused-ring (bicyclic) bond motifs is 1. The first kappa shape index (κ1) is 16.6. The number of carbonyl (C=O) groups excluding carboxylic acids is 3. The summed E-state index contributed by atoms with van der Waals surface area (Å²) < 4.78 is 0. The monoisotopic (exact) mass is 365 g/mol. The molecule has 0 bridgehead atoms. The normalized spacial score (nSPS) is 37.4. The first-order chi connectivity index (χ1) is 11.9. The van der Waals surface area contributed by atoms with Crippen molar-refractivity contribution >= 4 is 35.5 Å². The molecule has 4 aliphatic rings. The minimum absolute atomic E-state index is 0.0178. The summed E-state index contributed by atoms with van der Waals surface area (Å²) in [4.78, 5) is 48.8. The van der Waals surface area contributed by atoms with Crippen LogP contribution in [0.4, 0.5) is 0 Å². The molecule has 3 fully saturated rings. The van der Waals surface area contributed by atoms with Gasteiger partial charge in [-0.2, -0.15) is 0 Å². The van der Waals surface area contributed by atoms with Crippen molar-refractivity contribution in [3.05, 3.63) is 10.6 Å². The molecular weight excluding hydrogens is 346 g/mol. The molecular formula is C16H19N3O5S. The van der Waals surface area contributed by atoms with Gasteiger partial charge in [-0.3, -0.25) is 19.7 Å². The van der Waals surface area contributed by atoms with Crippen LogP contribution in [0, 0.1) is 11.8 Å². The molecule has 0 aromatic heterocycles. The molecule has 25 heavy (non-hydrogen) atoms. The van der Waals surface area contributed by atoms with Gasteiger partial charge >= 0.3 is 5.97 Å². The minimum Gasteiger partial charge on any atom is -0.477 e. The number of rotatable bonds is 4. The highest BCUT2D eigenvalue weighted by Gasteiger charge is 2.52. The lowest BCUT2D eigenvalue weighted by atomic mass is 9.94. The summed E-state index contributed by atoms with van der Waals surface area (Å²) in [6.07, 6.45) is 1.30. The average molecular weight is 365 g/mol. The van der Waals surface area contributed by atoms with Crippen LogP contribution in [0.3, 0.4) is 0 Å². The maximum Gasteiger partial charge on any atom is 0.353 e. The number of β-lactam (4-membered cyclic amide) rings is 1. The fourth-order valence-corrected chi connectivity index (χ4v) is 5.73. The molecule has 0 saturated carbocycles. The lowest BCUT2D eigenvalue weighted by molar-refractivity contribution is -0.148. The third kappa shape index (κ3) is 2.56. The molecule has 4 heterocycles. The highest BCUT2D eigenvalue weighted by atomic mass is 32.2. The molecule has 134 valence electrons. The van der Waals surface area contributed by atoms with Crippen molar-refractivity contribution in [3.8, 4) is 0 Å². The molecule has 4 aliphatic heterocycles. The van der Waals surface area contributed by atoms with Gasteiger partial charge in [-0.05, 0) is 6.42 Å². The van der Waals surface area contributed by atoms with E-state index in [1.165, 1.54) is 16.7 Å². The second-order valence-corrected chi connectivity index (χ2v) is 8.40. The zero-order chi connectivity index (χ0) is 17.9. The molecule has 9 heteroatoms. The van der Waals surface area contributed by atoms with Crippen LogP contribution >= 0.6 is 11.8 Å². The number of nitrogens with one attached hydrogen (secondary N) is 2. The Kier molecular flexibility index (Phi) is 3.88. The third-order valence-electron chi connectivity index (χ3n) is 5.56. The summed E-state index contributed by atoms with van der Waals surface area (Å²) in [7, 11) is 0. The SMILES string of the molecule is CC1C(SC2CNC(C3CC(=O)NC3=O)C2)=C(C(=O)O)N2C(=O)CC12. The topological polar surface area (TPSA) is 116 Å². The van der Waals surface area contributed by atoms with Crippen LogP contribution in [0.25, 0.3) is 0 Å². The number of thioether (sulfide) groups is 1. The number of hydrogen-bond acceptors (Lipinski definition) is 6. The van der Waals surface area contributed by atoms with Gasteiger partial charge in [0.05, 0.1) is 12.0 Å². The van der Waals surface area contributed by atoms with Crippen LogP contribution in [0.2, 0.25) is 0 Å². The van der Waals surface area contributed by atoms with Crippen molar-refractivity contribution in [2.24, 2.45) is 11.8 Å². The number of carbonyl (C=O) groups is 4. The molecule has 0 aromatic carbocycles. The Morgan fingerprint density at radius 3 is 2.64 bits per heavy atom. The maximum atomic E-state index is 11.8. The van der Waals surface area contributed by atoms with Crippen molar-refractivity contribution < 1.29 is 24.3 Å². The quantitative estimate of drug-likeness (QED) is 0.461. The zero-order valence-corrected chi connectivity index (χ0v) is 14.5. The van der Waals surface area contributed by atoms with E-state index in [1.807, 2.05) is 6.92 Å². The van der Waals surface area contributed by atoms with Crippen LogP contribution in [0.5, 0.6) is 0 Å². The van der Waals surface area contributed by atoms with E-state index in [4.69, 9.17) is 0 Å². The van der Waals surface area contributed by atoms with E-state index in [0.29, 0.717) is 19.4 Å². The molecule has 0 spiro atoms. The summed E-state index contributed by atoms with van der Waals surface area (Å²) in [5.41, 5.74) is 0.121. The lowest BCUT2D eigenvalue weighted by Gasteiger charge is -2.37. The smallest absolute Gasteiger partial charge is 0.353 e. The first-order valence-electron chi connectivity index (χ1n) is 8.40. The van der Waals surface area contributed by atoms with E-state index in [-0.39, 0.29) is 59.0 Å². The van der Waals surface area contributed by atoms with Gasteiger partial charge in [0, 0.05) is 41.5 Å². The van der Waals surface area contributed by atoms with Gasteiger partial charge in [0.2, 0.25) is 17.7 Å². The molecule has 0 aliphatic carbocycles. The molecule has 3 saturated heterocycles. The molecule has 0 radical (unpaired) electrons. The standard InChI is InChI=1S/C16H19N3O5S/c1-6-10-4-12(21)19(10)13(16(23)24)14(6)25-7-2-9(17-5-7)8-3-11(20)18-15(8)22/h6-10,17H,2-5H2,1H3,(H,23,24)(H,18,20,22). The van der Waals surface area contributed by atoms with Crippen molar-refractivity contribution in [3.63, 3.8) is 0 Å². The fourth-order valence-electron chi connectivity index (χ4n) is 4.22. The van der Waals surface area contributed by atoms with Crippen LogP contribution in [0.1, 0.15) is 26.2 Å². The molecule has 3 N–H and O–H groups in total. The van der Waals surface area contributed by atoms with Crippen molar-refractivity contribution in [1.29, 1.82) is 0 Å².